The fraction of sp³-hybridized carbons (Fsp3) is 0.906. The fourth-order valence-corrected chi connectivity index (χ4v) is 8.66. The smallest absolute Gasteiger partial charge is 0.268 e. The van der Waals surface area contributed by atoms with Gasteiger partial charge in [-0.2, -0.15) is 0 Å². The van der Waals surface area contributed by atoms with Crippen molar-refractivity contribution in [3.05, 3.63) is 24.3 Å². The van der Waals surface area contributed by atoms with Gasteiger partial charge in [0.1, 0.15) is 13.2 Å². The zero-order valence-corrected chi connectivity index (χ0v) is 42.7. The van der Waals surface area contributed by atoms with Crippen LogP contribution >= 0.6 is 7.82 Å². The van der Waals surface area contributed by atoms with Crippen LogP contribution in [0.5, 0.6) is 0 Å². The van der Waals surface area contributed by atoms with Gasteiger partial charge >= 0.3 is 0 Å². The summed E-state index contributed by atoms with van der Waals surface area (Å²) in [6.45, 7) is 4.66. The molecule has 9 heteroatoms. The van der Waals surface area contributed by atoms with Crippen molar-refractivity contribution >= 4 is 13.7 Å². The Morgan fingerprint density at radius 1 is 0.548 bits per heavy atom. The number of nitrogens with one attached hydrogen (secondary N) is 1. The van der Waals surface area contributed by atoms with Crippen LogP contribution in [0.3, 0.4) is 0 Å². The zero-order chi connectivity index (χ0) is 45.7. The number of phosphoric acid groups is 1. The number of phosphoric ester groups is 1. The van der Waals surface area contributed by atoms with Gasteiger partial charge in [-0.05, 0) is 32.1 Å². The number of aliphatic hydroxyl groups is 1. The second-order valence-electron chi connectivity index (χ2n) is 19.6. The van der Waals surface area contributed by atoms with Crippen LogP contribution in [0.25, 0.3) is 0 Å². The van der Waals surface area contributed by atoms with Crippen LogP contribution in [0.4, 0.5) is 0 Å². The summed E-state index contributed by atoms with van der Waals surface area (Å²) in [5.41, 5.74) is 0. The lowest BCUT2D eigenvalue weighted by atomic mass is 10.0. The Balaban J connectivity index is 4.28. The SMILES string of the molecule is CCCCCCCCCCCCCCCCCCCC/C=C/CC/C=C/C(O)C(COP(=O)([O-])OCC[N+](C)(C)C)NC(=O)CCCCCCCCCCCCCCCCCC. The minimum absolute atomic E-state index is 0.00390. The summed E-state index contributed by atoms with van der Waals surface area (Å²) in [6.07, 6.45) is 55.3. The van der Waals surface area contributed by atoms with Crippen LogP contribution < -0.4 is 10.2 Å². The Kier molecular flexibility index (Phi) is 44.4. The van der Waals surface area contributed by atoms with Crippen LogP contribution in [-0.4, -0.2) is 68.5 Å². The number of amides is 1. The normalized spacial score (nSPS) is 14.2. The average Bonchev–Trinajstić information content (AvgIpc) is 3.23. The van der Waals surface area contributed by atoms with E-state index in [9.17, 15) is 19.4 Å². The first-order valence-corrected chi connectivity index (χ1v) is 28.2. The molecule has 0 aliphatic rings. The summed E-state index contributed by atoms with van der Waals surface area (Å²) >= 11 is 0. The molecule has 0 saturated heterocycles. The minimum atomic E-state index is -4.60. The molecular formula is C53H105N2O6P. The third-order valence-electron chi connectivity index (χ3n) is 12.2. The van der Waals surface area contributed by atoms with Crippen LogP contribution in [0.15, 0.2) is 24.3 Å². The number of hydrogen-bond donors (Lipinski definition) is 2. The fourth-order valence-electron chi connectivity index (χ4n) is 7.94. The number of hydrogen-bond acceptors (Lipinski definition) is 6. The predicted octanol–water partition coefficient (Wildman–Crippen LogP) is 15.0. The molecule has 0 aromatic rings. The quantitative estimate of drug-likeness (QED) is 0.0273. The highest BCUT2D eigenvalue weighted by Crippen LogP contribution is 2.38. The Bertz CT molecular complexity index is 1060. The van der Waals surface area contributed by atoms with Crippen LogP contribution in [0, 0.1) is 0 Å². The highest BCUT2D eigenvalue weighted by Gasteiger charge is 2.23. The number of nitrogens with zero attached hydrogens (tertiary/aromatic N) is 1. The standard InChI is InChI=1S/C53H105N2O6P/c1-6-8-10-12-14-16-18-20-22-24-25-26-27-28-29-30-31-32-34-36-38-40-42-44-46-52(56)51(50-61-62(58,59)60-49-48-55(3,4)5)54-53(57)47-45-43-41-39-37-35-33-23-21-19-17-15-13-11-9-7-2/h36,38,44,46,51-52,56H,6-35,37,39-43,45,47-50H2,1-5H3,(H-,54,57,58,59)/b38-36+,46-44+. The second-order valence-corrected chi connectivity index (χ2v) is 21.0. The predicted molar refractivity (Wildman–Crippen MR) is 265 cm³/mol. The molecule has 0 fully saturated rings. The van der Waals surface area contributed by atoms with Crippen LogP contribution in [0.2, 0.25) is 0 Å². The van der Waals surface area contributed by atoms with E-state index in [-0.39, 0.29) is 19.1 Å². The van der Waals surface area contributed by atoms with E-state index in [2.05, 4.69) is 31.3 Å². The first-order valence-electron chi connectivity index (χ1n) is 26.7. The van der Waals surface area contributed by atoms with E-state index < -0.39 is 20.0 Å². The number of likely N-dealkylation sites (N-methyl/N-ethyl adjacent to an activating group) is 1. The van der Waals surface area contributed by atoms with E-state index in [1.165, 1.54) is 199 Å². The number of quaternary nitrogens is 1. The lowest BCUT2D eigenvalue weighted by molar-refractivity contribution is -0.870. The molecule has 368 valence electrons. The molecule has 3 atom stereocenters. The molecule has 62 heavy (non-hydrogen) atoms. The highest BCUT2D eigenvalue weighted by molar-refractivity contribution is 7.45. The number of carbonyl (C=O) groups is 1. The molecule has 1 amide bonds. The van der Waals surface area contributed by atoms with Crippen molar-refractivity contribution in [1.82, 2.24) is 5.32 Å². The summed E-state index contributed by atoms with van der Waals surface area (Å²) in [7, 11) is 1.25. The van der Waals surface area contributed by atoms with E-state index in [4.69, 9.17) is 9.05 Å². The van der Waals surface area contributed by atoms with E-state index >= 15 is 0 Å². The zero-order valence-electron chi connectivity index (χ0n) is 41.8. The van der Waals surface area contributed by atoms with Gasteiger partial charge in [-0.15, -0.1) is 0 Å². The van der Waals surface area contributed by atoms with Gasteiger partial charge < -0.3 is 28.8 Å². The summed E-state index contributed by atoms with van der Waals surface area (Å²) in [6, 6.07) is -0.899. The van der Waals surface area contributed by atoms with Crippen molar-refractivity contribution in [1.29, 1.82) is 0 Å². The molecular weight excluding hydrogens is 792 g/mol. The first-order chi connectivity index (χ1) is 30.0. The molecule has 8 nitrogen and oxygen atoms in total. The highest BCUT2D eigenvalue weighted by atomic mass is 31.2. The maximum absolute atomic E-state index is 12.9. The Labute approximate surface area is 385 Å². The summed E-state index contributed by atoms with van der Waals surface area (Å²) in [5, 5.41) is 13.8. The van der Waals surface area contributed by atoms with Gasteiger partial charge in [0.05, 0.1) is 39.9 Å². The van der Waals surface area contributed by atoms with E-state index in [1.807, 2.05) is 27.2 Å². The molecule has 0 aromatic carbocycles. The number of unbranched alkanes of at least 4 members (excludes halogenated alkanes) is 34. The molecule has 0 radical (unpaired) electrons. The molecule has 2 N–H and O–H groups in total. The van der Waals surface area contributed by atoms with Gasteiger partial charge in [-0.1, -0.05) is 244 Å². The third-order valence-corrected chi connectivity index (χ3v) is 13.1. The van der Waals surface area contributed by atoms with E-state index in [0.29, 0.717) is 17.4 Å². The van der Waals surface area contributed by atoms with Gasteiger partial charge in [0.15, 0.2) is 0 Å². The Morgan fingerprint density at radius 3 is 1.31 bits per heavy atom. The summed E-state index contributed by atoms with van der Waals surface area (Å²) in [4.78, 5) is 25.4. The van der Waals surface area contributed by atoms with Crippen LogP contribution in [0.1, 0.15) is 258 Å². The molecule has 0 spiro atoms. The summed E-state index contributed by atoms with van der Waals surface area (Å²) in [5.74, 6) is -0.203. The van der Waals surface area contributed by atoms with Crippen LogP contribution in [-0.2, 0) is 18.4 Å². The molecule has 0 bridgehead atoms. The number of rotatable bonds is 49. The van der Waals surface area contributed by atoms with Gasteiger partial charge in [0.2, 0.25) is 5.91 Å². The molecule has 0 aliphatic carbocycles. The number of aliphatic hydroxyl groups excluding tert-OH is 1. The van der Waals surface area contributed by atoms with Gasteiger partial charge in [0.25, 0.3) is 7.82 Å². The first kappa shape index (κ1) is 61.0. The maximum atomic E-state index is 12.9. The van der Waals surface area contributed by atoms with E-state index in [1.54, 1.807) is 6.08 Å². The maximum Gasteiger partial charge on any atom is 0.268 e. The van der Waals surface area contributed by atoms with Gasteiger partial charge in [0, 0.05) is 6.42 Å². The second kappa shape index (κ2) is 45.1. The lowest BCUT2D eigenvalue weighted by Gasteiger charge is -2.29. The molecule has 0 heterocycles. The average molecular weight is 897 g/mol. The largest absolute Gasteiger partial charge is 0.756 e. The molecule has 0 rings (SSSR count). The van der Waals surface area contributed by atoms with Gasteiger partial charge in [-0.25, -0.2) is 0 Å². The van der Waals surface area contributed by atoms with Crippen molar-refractivity contribution in [2.75, 3.05) is 40.9 Å². The number of allylic oxidation sites excluding steroid dienone is 3. The van der Waals surface area contributed by atoms with Crippen molar-refractivity contribution in [2.24, 2.45) is 0 Å². The molecule has 0 saturated carbocycles. The molecule has 0 aliphatic heterocycles. The van der Waals surface area contributed by atoms with Crippen molar-refractivity contribution in [3.8, 4) is 0 Å². The monoisotopic (exact) mass is 897 g/mol. The Hall–Kier alpha value is -1.02. The third kappa shape index (κ3) is 47.0. The Morgan fingerprint density at radius 2 is 0.903 bits per heavy atom. The molecule has 0 aromatic heterocycles. The summed E-state index contributed by atoms with van der Waals surface area (Å²) < 4.78 is 23.3. The lowest BCUT2D eigenvalue weighted by Crippen LogP contribution is -2.45. The van der Waals surface area contributed by atoms with Crippen molar-refractivity contribution in [3.63, 3.8) is 0 Å². The number of carbonyl (C=O) groups excluding carboxylic acids is 1. The molecule has 3 unspecified atom stereocenters. The minimum Gasteiger partial charge on any atom is -0.756 e. The van der Waals surface area contributed by atoms with E-state index in [0.717, 1.165) is 38.5 Å². The topological polar surface area (TPSA) is 108 Å². The van der Waals surface area contributed by atoms with Gasteiger partial charge in [-0.3, -0.25) is 9.36 Å². The van der Waals surface area contributed by atoms with Crippen molar-refractivity contribution < 1.29 is 32.9 Å². The van der Waals surface area contributed by atoms with Crippen molar-refractivity contribution in [2.45, 2.75) is 270 Å².